The minimum absolute atomic E-state index is 0.0253. The highest BCUT2D eigenvalue weighted by Gasteiger charge is 2.31. The number of amides is 1. The molecule has 0 aliphatic heterocycles. The average molecular weight is 456 g/mol. The van der Waals surface area contributed by atoms with Gasteiger partial charge >= 0.3 is 6.18 Å². The zero-order chi connectivity index (χ0) is 23.3. The lowest BCUT2D eigenvalue weighted by molar-refractivity contribution is -0.137. The molecule has 1 aliphatic rings. The molecule has 172 valence electrons. The van der Waals surface area contributed by atoms with Crippen LogP contribution in [0.3, 0.4) is 0 Å². The molecule has 1 aromatic heterocycles. The van der Waals surface area contributed by atoms with Gasteiger partial charge in [0.1, 0.15) is 17.6 Å². The fourth-order valence-corrected chi connectivity index (χ4v) is 3.74. The summed E-state index contributed by atoms with van der Waals surface area (Å²) in [7, 11) is 0. The number of pyridine rings is 1. The average Bonchev–Trinajstić information content (AvgIpc) is 2.81. The van der Waals surface area contributed by atoms with E-state index in [1.807, 2.05) is 36.4 Å². The summed E-state index contributed by atoms with van der Waals surface area (Å²) < 4.78 is 49.6. The summed E-state index contributed by atoms with van der Waals surface area (Å²) in [5, 5.41) is 3.05. The first-order valence-electron chi connectivity index (χ1n) is 10.7. The first-order chi connectivity index (χ1) is 15.9. The summed E-state index contributed by atoms with van der Waals surface area (Å²) >= 11 is 0. The van der Waals surface area contributed by atoms with Gasteiger partial charge in [-0.05, 0) is 56.0 Å². The first kappa shape index (κ1) is 22.6. The maximum Gasteiger partial charge on any atom is 0.417 e. The van der Waals surface area contributed by atoms with Crippen molar-refractivity contribution < 1.29 is 27.4 Å². The number of halogens is 3. The summed E-state index contributed by atoms with van der Waals surface area (Å²) in [5.41, 5.74) is -0.355. The maximum atomic E-state index is 12.9. The number of benzene rings is 2. The lowest BCUT2D eigenvalue weighted by Crippen LogP contribution is -2.39. The molecule has 0 spiro atoms. The molecule has 2 aromatic carbocycles. The molecule has 0 atom stereocenters. The number of carbonyl (C=O) groups is 1. The van der Waals surface area contributed by atoms with Gasteiger partial charge in [-0.1, -0.05) is 30.3 Å². The molecule has 5 nitrogen and oxygen atoms in total. The van der Waals surface area contributed by atoms with E-state index in [9.17, 15) is 18.0 Å². The minimum atomic E-state index is -4.42. The van der Waals surface area contributed by atoms with Crippen LogP contribution in [0.2, 0.25) is 0 Å². The lowest BCUT2D eigenvalue weighted by atomic mass is 9.92. The summed E-state index contributed by atoms with van der Waals surface area (Å²) in [6.45, 7) is 0. The quantitative estimate of drug-likeness (QED) is 0.493. The molecule has 1 saturated carbocycles. The highest BCUT2D eigenvalue weighted by atomic mass is 19.4. The fourth-order valence-electron chi connectivity index (χ4n) is 3.74. The summed E-state index contributed by atoms with van der Waals surface area (Å²) in [6, 6.07) is 18.5. The molecule has 0 unspecified atom stereocenters. The van der Waals surface area contributed by atoms with Gasteiger partial charge in [0.25, 0.3) is 5.91 Å². The molecule has 1 aliphatic carbocycles. The van der Waals surface area contributed by atoms with E-state index < -0.39 is 11.7 Å². The van der Waals surface area contributed by atoms with Crippen LogP contribution < -0.4 is 14.8 Å². The zero-order valence-electron chi connectivity index (χ0n) is 17.7. The molecular weight excluding hydrogens is 433 g/mol. The van der Waals surface area contributed by atoms with Gasteiger partial charge in [0, 0.05) is 18.3 Å². The predicted molar refractivity (Wildman–Crippen MR) is 116 cm³/mol. The standard InChI is InChI=1S/C25H23F3N2O3/c26-25(27,28)17-10-15-23(29-16-17)33-20-13-11-18(12-14-20)30-24(31)21-8-4-5-9-22(21)32-19-6-2-1-3-7-19/h1-10,15-16,18,20H,11-14H2,(H,30,31). The van der Waals surface area contributed by atoms with Crippen molar-refractivity contribution in [2.45, 2.75) is 44.0 Å². The Kier molecular flexibility index (Phi) is 6.82. The number of carbonyl (C=O) groups excluding carboxylic acids is 1. The van der Waals surface area contributed by atoms with Crippen LogP contribution in [0, 0.1) is 0 Å². The number of nitrogens with one attached hydrogen (secondary N) is 1. The van der Waals surface area contributed by atoms with Gasteiger partial charge in [-0.25, -0.2) is 4.98 Å². The number of hydrogen-bond acceptors (Lipinski definition) is 4. The van der Waals surface area contributed by atoms with E-state index >= 15 is 0 Å². The van der Waals surface area contributed by atoms with E-state index in [0.717, 1.165) is 12.3 Å². The van der Waals surface area contributed by atoms with Gasteiger partial charge < -0.3 is 14.8 Å². The summed E-state index contributed by atoms with van der Waals surface area (Å²) in [6.07, 6.45) is -1.10. The van der Waals surface area contributed by atoms with Gasteiger partial charge in [0.15, 0.2) is 0 Å². The topological polar surface area (TPSA) is 60.5 Å². The molecule has 0 bridgehead atoms. The van der Waals surface area contributed by atoms with Gasteiger partial charge in [0.2, 0.25) is 5.88 Å². The summed E-state index contributed by atoms with van der Waals surface area (Å²) in [5.74, 6) is 1.08. The van der Waals surface area contributed by atoms with Crippen LogP contribution in [0.5, 0.6) is 17.4 Å². The fraction of sp³-hybridized carbons (Fsp3) is 0.280. The van der Waals surface area contributed by atoms with Gasteiger partial charge in [0.05, 0.1) is 11.1 Å². The minimum Gasteiger partial charge on any atom is -0.474 e. The highest BCUT2D eigenvalue weighted by molar-refractivity contribution is 5.97. The van der Waals surface area contributed by atoms with E-state index in [1.165, 1.54) is 6.07 Å². The van der Waals surface area contributed by atoms with Crippen molar-refractivity contribution in [2.75, 3.05) is 0 Å². The third kappa shape index (κ3) is 6.03. The van der Waals surface area contributed by atoms with E-state index in [-0.39, 0.29) is 23.9 Å². The van der Waals surface area contributed by atoms with Gasteiger partial charge in [-0.2, -0.15) is 13.2 Å². The van der Waals surface area contributed by atoms with Crippen molar-refractivity contribution in [2.24, 2.45) is 0 Å². The Morgan fingerprint density at radius 1 is 0.909 bits per heavy atom. The van der Waals surface area contributed by atoms with E-state index in [0.29, 0.717) is 42.7 Å². The number of ether oxygens (including phenoxy) is 2. The Balaban J connectivity index is 1.30. The molecule has 1 heterocycles. The van der Waals surface area contributed by atoms with Crippen molar-refractivity contribution in [1.82, 2.24) is 10.3 Å². The van der Waals surface area contributed by atoms with Crippen LogP contribution in [0.1, 0.15) is 41.6 Å². The Labute approximate surface area is 189 Å². The van der Waals surface area contributed by atoms with Crippen LogP contribution in [0.15, 0.2) is 72.9 Å². The number of rotatable bonds is 6. The van der Waals surface area contributed by atoms with Gasteiger partial charge in [-0.3, -0.25) is 4.79 Å². The first-order valence-corrected chi connectivity index (χ1v) is 10.7. The van der Waals surface area contributed by atoms with Gasteiger partial charge in [-0.15, -0.1) is 0 Å². The number of hydrogen-bond donors (Lipinski definition) is 1. The van der Waals surface area contributed by atoms with Crippen molar-refractivity contribution in [3.63, 3.8) is 0 Å². The monoisotopic (exact) mass is 456 g/mol. The second-order valence-electron chi connectivity index (χ2n) is 7.86. The zero-order valence-corrected chi connectivity index (χ0v) is 17.7. The largest absolute Gasteiger partial charge is 0.474 e. The molecular formula is C25H23F3N2O3. The number of para-hydroxylation sites is 2. The molecule has 4 rings (SSSR count). The molecule has 0 radical (unpaired) electrons. The van der Waals surface area contributed by atoms with Crippen LogP contribution in [0.25, 0.3) is 0 Å². The highest BCUT2D eigenvalue weighted by Crippen LogP contribution is 2.30. The Morgan fingerprint density at radius 2 is 1.61 bits per heavy atom. The van der Waals surface area contributed by atoms with Crippen molar-refractivity contribution in [3.8, 4) is 17.4 Å². The summed E-state index contributed by atoms with van der Waals surface area (Å²) in [4.78, 5) is 16.6. The van der Waals surface area contributed by atoms with Crippen molar-refractivity contribution >= 4 is 5.91 Å². The Morgan fingerprint density at radius 3 is 2.27 bits per heavy atom. The third-order valence-corrected chi connectivity index (χ3v) is 5.46. The van der Waals surface area contributed by atoms with Crippen molar-refractivity contribution in [1.29, 1.82) is 0 Å². The number of aromatic nitrogens is 1. The predicted octanol–water partition coefficient (Wildman–Crippen LogP) is 6.01. The Bertz CT molecular complexity index is 1060. The normalized spacial score (nSPS) is 18.4. The van der Waals surface area contributed by atoms with Crippen LogP contribution in [-0.4, -0.2) is 23.0 Å². The van der Waals surface area contributed by atoms with E-state index in [1.54, 1.807) is 18.2 Å². The van der Waals surface area contributed by atoms with Crippen molar-refractivity contribution in [3.05, 3.63) is 84.1 Å². The number of alkyl halides is 3. The molecule has 3 aromatic rings. The second kappa shape index (κ2) is 9.94. The van der Waals surface area contributed by atoms with E-state index in [4.69, 9.17) is 9.47 Å². The smallest absolute Gasteiger partial charge is 0.417 e. The molecule has 1 N–H and O–H groups in total. The Hall–Kier alpha value is -3.55. The lowest BCUT2D eigenvalue weighted by Gasteiger charge is -2.29. The number of nitrogens with zero attached hydrogens (tertiary/aromatic N) is 1. The second-order valence-corrected chi connectivity index (χ2v) is 7.86. The molecule has 0 saturated heterocycles. The third-order valence-electron chi connectivity index (χ3n) is 5.46. The van der Waals surface area contributed by atoms with Crippen LogP contribution in [-0.2, 0) is 6.18 Å². The van der Waals surface area contributed by atoms with E-state index in [2.05, 4.69) is 10.3 Å². The SMILES string of the molecule is O=C(NC1CCC(Oc2ccc(C(F)(F)F)cn2)CC1)c1ccccc1Oc1ccccc1. The molecule has 1 fully saturated rings. The molecule has 1 amide bonds. The van der Waals surface area contributed by atoms with Crippen LogP contribution >= 0.6 is 0 Å². The molecule has 33 heavy (non-hydrogen) atoms. The maximum absolute atomic E-state index is 12.9. The molecule has 8 heteroatoms. The van der Waals surface area contributed by atoms with Crippen LogP contribution in [0.4, 0.5) is 13.2 Å².